The molecule has 0 radical (unpaired) electrons. The number of anilines is 1. The number of nitrogens with zero attached hydrogens (tertiary/aromatic N) is 1. The van der Waals surface area contributed by atoms with Gasteiger partial charge < -0.3 is 19.3 Å². The summed E-state index contributed by atoms with van der Waals surface area (Å²) in [4.78, 5) is 39.7. The van der Waals surface area contributed by atoms with Gasteiger partial charge in [0.25, 0.3) is 11.7 Å². The highest BCUT2D eigenvalue weighted by atomic mass is 79.9. The second-order valence-corrected chi connectivity index (χ2v) is 9.07. The molecule has 4 rings (SSSR count). The minimum atomic E-state index is -0.904. The molecule has 1 heterocycles. The first-order valence-electron chi connectivity index (χ1n) is 11.2. The van der Waals surface area contributed by atoms with Crippen molar-refractivity contribution >= 4 is 45.0 Å². The molecule has 1 saturated heterocycles. The van der Waals surface area contributed by atoms with Crippen LogP contribution in [-0.2, 0) is 25.5 Å². The van der Waals surface area contributed by atoms with Gasteiger partial charge in [0, 0.05) is 11.3 Å². The summed E-state index contributed by atoms with van der Waals surface area (Å²) in [6.07, 6.45) is 0.0733. The zero-order chi connectivity index (χ0) is 26.7. The summed E-state index contributed by atoms with van der Waals surface area (Å²) in [7, 11) is 4.37. The number of hydrogen-bond acceptors (Lipinski definition) is 7. The van der Waals surface area contributed by atoms with E-state index in [-0.39, 0.29) is 17.8 Å². The molecule has 0 aromatic heterocycles. The van der Waals surface area contributed by atoms with Gasteiger partial charge in [0.05, 0.1) is 43.8 Å². The molecule has 0 spiro atoms. The van der Waals surface area contributed by atoms with E-state index in [9.17, 15) is 19.5 Å². The number of benzene rings is 3. The lowest BCUT2D eigenvalue weighted by Crippen LogP contribution is -2.29. The molecule has 0 aliphatic carbocycles. The monoisotopic (exact) mass is 565 g/mol. The molecule has 1 aliphatic rings. The number of methoxy groups -OCH3 is 3. The summed E-state index contributed by atoms with van der Waals surface area (Å²) < 4.78 is 15.8. The first-order chi connectivity index (χ1) is 17.8. The molecule has 9 heteroatoms. The number of hydrogen-bond donors (Lipinski definition) is 1. The maximum Gasteiger partial charge on any atom is 0.309 e. The summed E-state index contributed by atoms with van der Waals surface area (Å²) in [5.74, 6) is -1.15. The summed E-state index contributed by atoms with van der Waals surface area (Å²) in [5, 5.41) is 11.3. The lowest BCUT2D eigenvalue weighted by Gasteiger charge is -2.26. The standard InChI is InChI=1S/C28H24BrNO7/c1-35-20-11-6-17(7-12-20)25-24(26(32)18-8-13-22(36-2)21(29)15-18)27(33)28(34)30(25)19-9-4-16(5-10-19)14-23(31)37-3/h4-13,15,25,32H,14H2,1-3H3/b26-24-. The van der Waals surface area contributed by atoms with E-state index in [2.05, 4.69) is 15.9 Å². The fraction of sp³-hybridized carbons (Fsp3) is 0.179. The largest absolute Gasteiger partial charge is 0.507 e. The van der Waals surface area contributed by atoms with Gasteiger partial charge in [-0.15, -0.1) is 0 Å². The Morgan fingerprint density at radius 1 is 0.946 bits per heavy atom. The van der Waals surface area contributed by atoms with E-state index in [4.69, 9.17) is 14.2 Å². The topological polar surface area (TPSA) is 102 Å². The van der Waals surface area contributed by atoms with Crippen LogP contribution in [0.1, 0.15) is 22.7 Å². The smallest absolute Gasteiger partial charge is 0.309 e. The van der Waals surface area contributed by atoms with E-state index in [1.807, 2.05) is 0 Å². The van der Waals surface area contributed by atoms with E-state index in [1.54, 1.807) is 73.8 Å². The Labute approximate surface area is 222 Å². The molecule has 1 unspecified atom stereocenters. The summed E-state index contributed by atoms with van der Waals surface area (Å²) in [6.45, 7) is 0. The van der Waals surface area contributed by atoms with Gasteiger partial charge in [-0.1, -0.05) is 24.3 Å². The lowest BCUT2D eigenvalue weighted by atomic mass is 9.95. The lowest BCUT2D eigenvalue weighted by molar-refractivity contribution is -0.139. The number of aliphatic hydroxyl groups is 1. The molecule has 1 aliphatic heterocycles. The van der Waals surface area contributed by atoms with Crippen LogP contribution in [0, 0.1) is 0 Å². The Kier molecular flexibility index (Phi) is 7.63. The number of halogens is 1. The molecule has 0 saturated carbocycles. The number of carbonyl (C=O) groups excluding carboxylic acids is 3. The third kappa shape index (κ3) is 5.08. The number of esters is 1. The van der Waals surface area contributed by atoms with Gasteiger partial charge in [0.15, 0.2) is 0 Å². The first-order valence-corrected chi connectivity index (χ1v) is 12.0. The SMILES string of the molecule is COC(=O)Cc1ccc(N2C(=O)C(=O)/C(=C(\O)c3ccc(OC)c(Br)c3)C2c2ccc(OC)cc2)cc1. The zero-order valence-corrected chi connectivity index (χ0v) is 21.9. The number of amides is 1. The van der Waals surface area contributed by atoms with Crippen molar-refractivity contribution in [3.63, 3.8) is 0 Å². The summed E-state index contributed by atoms with van der Waals surface area (Å²) >= 11 is 3.40. The van der Waals surface area contributed by atoms with Gasteiger partial charge in [-0.25, -0.2) is 0 Å². The number of ketones is 1. The van der Waals surface area contributed by atoms with Crippen molar-refractivity contribution in [2.75, 3.05) is 26.2 Å². The second-order valence-electron chi connectivity index (χ2n) is 8.21. The van der Waals surface area contributed by atoms with Crippen LogP contribution in [0.4, 0.5) is 5.69 Å². The fourth-order valence-electron chi connectivity index (χ4n) is 4.18. The molecule has 1 N–H and O–H groups in total. The molecule has 37 heavy (non-hydrogen) atoms. The van der Waals surface area contributed by atoms with Crippen LogP contribution in [0.2, 0.25) is 0 Å². The molecule has 1 amide bonds. The molecule has 1 atom stereocenters. The molecule has 3 aromatic carbocycles. The molecular weight excluding hydrogens is 542 g/mol. The zero-order valence-electron chi connectivity index (χ0n) is 20.4. The van der Waals surface area contributed by atoms with E-state index in [0.29, 0.717) is 38.3 Å². The van der Waals surface area contributed by atoms with Gasteiger partial charge >= 0.3 is 5.97 Å². The van der Waals surface area contributed by atoms with Crippen molar-refractivity contribution in [1.29, 1.82) is 0 Å². The van der Waals surface area contributed by atoms with Gasteiger partial charge in [-0.3, -0.25) is 19.3 Å². The molecule has 8 nitrogen and oxygen atoms in total. The Bertz CT molecular complexity index is 1380. The quantitative estimate of drug-likeness (QED) is 0.190. The minimum Gasteiger partial charge on any atom is -0.507 e. The van der Waals surface area contributed by atoms with Gasteiger partial charge in [0.2, 0.25) is 0 Å². The number of ether oxygens (including phenoxy) is 3. The van der Waals surface area contributed by atoms with E-state index in [0.717, 1.165) is 0 Å². The highest BCUT2D eigenvalue weighted by molar-refractivity contribution is 9.10. The number of Topliss-reactive ketones (excluding diaryl/α,β-unsaturated/α-hetero) is 1. The average molecular weight is 566 g/mol. The highest BCUT2D eigenvalue weighted by Crippen LogP contribution is 2.43. The normalized spacial score (nSPS) is 16.5. The molecule has 1 fully saturated rings. The van der Waals surface area contributed by atoms with Crippen LogP contribution < -0.4 is 14.4 Å². The number of rotatable bonds is 7. The first kappa shape index (κ1) is 26.0. The molecular formula is C28H24BrNO7. The second kappa shape index (κ2) is 10.9. The summed E-state index contributed by atoms with van der Waals surface area (Å²) in [5.41, 5.74) is 2.03. The van der Waals surface area contributed by atoms with Crippen molar-refractivity contribution < 1.29 is 33.7 Å². The molecule has 190 valence electrons. The van der Waals surface area contributed by atoms with Crippen molar-refractivity contribution in [3.05, 3.63) is 93.5 Å². The van der Waals surface area contributed by atoms with Crippen LogP contribution in [0.3, 0.4) is 0 Å². The van der Waals surface area contributed by atoms with Crippen LogP contribution in [-0.4, -0.2) is 44.1 Å². The van der Waals surface area contributed by atoms with Crippen LogP contribution in [0.25, 0.3) is 5.76 Å². The maximum absolute atomic E-state index is 13.3. The highest BCUT2D eigenvalue weighted by Gasteiger charge is 2.47. The van der Waals surface area contributed by atoms with Crippen molar-refractivity contribution in [2.45, 2.75) is 12.5 Å². The Morgan fingerprint density at radius 2 is 1.62 bits per heavy atom. The van der Waals surface area contributed by atoms with Crippen LogP contribution in [0.15, 0.2) is 76.8 Å². The minimum absolute atomic E-state index is 0.0501. The average Bonchev–Trinajstić information content (AvgIpc) is 3.18. The van der Waals surface area contributed by atoms with Crippen molar-refractivity contribution in [3.8, 4) is 11.5 Å². The van der Waals surface area contributed by atoms with Crippen molar-refractivity contribution in [1.82, 2.24) is 0 Å². The number of carbonyl (C=O) groups is 3. The third-order valence-corrected chi connectivity index (χ3v) is 6.71. The van der Waals surface area contributed by atoms with E-state index in [1.165, 1.54) is 19.1 Å². The summed E-state index contributed by atoms with van der Waals surface area (Å²) in [6, 6.07) is 17.6. The van der Waals surface area contributed by atoms with Gasteiger partial charge in [-0.2, -0.15) is 0 Å². The maximum atomic E-state index is 13.3. The predicted molar refractivity (Wildman–Crippen MR) is 141 cm³/mol. The fourth-order valence-corrected chi connectivity index (χ4v) is 4.72. The van der Waals surface area contributed by atoms with Gasteiger partial charge in [-0.05, 0) is 69.5 Å². The van der Waals surface area contributed by atoms with Crippen LogP contribution in [0.5, 0.6) is 11.5 Å². The predicted octanol–water partition coefficient (Wildman–Crippen LogP) is 4.81. The Morgan fingerprint density at radius 3 is 2.19 bits per heavy atom. The van der Waals surface area contributed by atoms with Crippen molar-refractivity contribution in [2.24, 2.45) is 0 Å². The Balaban J connectivity index is 1.85. The van der Waals surface area contributed by atoms with Gasteiger partial charge in [0.1, 0.15) is 17.3 Å². The molecule has 0 bridgehead atoms. The number of aliphatic hydroxyl groups excluding tert-OH is 1. The third-order valence-electron chi connectivity index (χ3n) is 6.09. The Hall–Kier alpha value is -4.11. The molecule has 3 aromatic rings. The van der Waals surface area contributed by atoms with E-state index < -0.39 is 23.7 Å². The van der Waals surface area contributed by atoms with Crippen LogP contribution >= 0.6 is 15.9 Å². The van der Waals surface area contributed by atoms with E-state index >= 15 is 0 Å².